The monoisotopic (exact) mass is 383 g/mol. The fourth-order valence-corrected chi connectivity index (χ4v) is 4.39. The molecule has 148 valence electrons. The molecule has 0 heterocycles. The van der Waals surface area contributed by atoms with Gasteiger partial charge in [-0.15, -0.1) is 0 Å². The molecular formula is C27H29NO. The molecule has 0 saturated heterocycles. The maximum atomic E-state index is 11.2. The third-order valence-electron chi connectivity index (χ3n) is 6.45. The fourth-order valence-electron chi connectivity index (χ4n) is 4.39. The Morgan fingerprint density at radius 2 is 1.38 bits per heavy atom. The van der Waals surface area contributed by atoms with Crippen LogP contribution in [0.4, 0.5) is 0 Å². The van der Waals surface area contributed by atoms with E-state index in [1.807, 2.05) is 60.8 Å². The van der Waals surface area contributed by atoms with Crippen LogP contribution in [0.2, 0.25) is 0 Å². The van der Waals surface area contributed by atoms with Crippen molar-refractivity contribution in [3.05, 3.63) is 78.4 Å². The van der Waals surface area contributed by atoms with Crippen molar-refractivity contribution in [2.45, 2.75) is 39.2 Å². The van der Waals surface area contributed by atoms with Gasteiger partial charge in [-0.05, 0) is 41.0 Å². The lowest BCUT2D eigenvalue weighted by Crippen LogP contribution is -2.27. The maximum absolute atomic E-state index is 11.2. The average Bonchev–Trinajstić information content (AvgIpc) is 2.76. The smallest absolute Gasteiger partial charge is 0.132 e. The topological polar surface area (TPSA) is 32.6 Å². The molecule has 3 aromatic rings. The number of aromatic hydroxyl groups is 1. The minimum absolute atomic E-state index is 0.304. The van der Waals surface area contributed by atoms with E-state index in [-0.39, 0.29) is 0 Å². The van der Waals surface area contributed by atoms with Crippen LogP contribution in [0.15, 0.2) is 77.8 Å². The molecule has 1 aliphatic carbocycles. The van der Waals surface area contributed by atoms with Gasteiger partial charge >= 0.3 is 0 Å². The highest BCUT2D eigenvalue weighted by Crippen LogP contribution is 2.38. The van der Waals surface area contributed by atoms with Gasteiger partial charge in [0.1, 0.15) is 5.75 Å². The molecule has 3 atom stereocenters. The second kappa shape index (κ2) is 8.65. The Hall–Kier alpha value is -2.87. The number of phenolic OH excluding ortho intramolecular Hbond substituents is 1. The summed E-state index contributed by atoms with van der Waals surface area (Å²) >= 11 is 0. The summed E-state index contributed by atoms with van der Waals surface area (Å²) in [5.74, 6) is 1.57. The lowest BCUT2D eigenvalue weighted by molar-refractivity contribution is 0.242. The Kier molecular flexibility index (Phi) is 5.80. The number of benzene rings is 3. The lowest BCUT2D eigenvalue weighted by atomic mass is 9.78. The van der Waals surface area contributed by atoms with Gasteiger partial charge in [0.25, 0.3) is 0 Å². The number of hydrogen-bond donors (Lipinski definition) is 1. The molecule has 29 heavy (non-hydrogen) atoms. The van der Waals surface area contributed by atoms with E-state index in [4.69, 9.17) is 4.99 Å². The van der Waals surface area contributed by atoms with Gasteiger partial charge in [0.05, 0.1) is 6.04 Å². The van der Waals surface area contributed by atoms with Crippen LogP contribution in [0.3, 0.4) is 0 Å². The normalized spacial score (nSPS) is 22.1. The molecule has 0 radical (unpaired) electrons. The van der Waals surface area contributed by atoms with Gasteiger partial charge in [-0.3, -0.25) is 4.99 Å². The minimum Gasteiger partial charge on any atom is -0.507 e. The second-order valence-electron chi connectivity index (χ2n) is 8.27. The summed E-state index contributed by atoms with van der Waals surface area (Å²) in [6.07, 6.45) is 5.57. The Labute approximate surface area is 174 Å². The lowest BCUT2D eigenvalue weighted by Gasteiger charge is -2.31. The van der Waals surface area contributed by atoms with Gasteiger partial charge in [0.15, 0.2) is 0 Å². The standard InChI is InChI=1S/C27H29NO/c1-19-10-9-15-26(20(19)2)28-18-25-23(21-11-5-3-6-12-21)16-17-24(27(25)29)22-13-7-4-8-14-22/h3-8,11-14,16-20,26,29H,9-10,15H2,1-2H3. The first-order valence-electron chi connectivity index (χ1n) is 10.6. The first-order valence-corrected chi connectivity index (χ1v) is 10.6. The van der Waals surface area contributed by atoms with E-state index in [1.165, 1.54) is 12.8 Å². The first kappa shape index (κ1) is 19.4. The summed E-state index contributed by atoms with van der Waals surface area (Å²) in [6, 6.07) is 24.7. The van der Waals surface area contributed by atoms with E-state index in [2.05, 4.69) is 32.0 Å². The molecule has 1 N–H and O–H groups in total. The quantitative estimate of drug-likeness (QED) is 0.485. The molecule has 4 rings (SSSR count). The zero-order valence-corrected chi connectivity index (χ0v) is 17.3. The molecule has 1 fully saturated rings. The molecule has 0 amide bonds. The van der Waals surface area contributed by atoms with Crippen molar-refractivity contribution in [1.29, 1.82) is 0 Å². The van der Waals surface area contributed by atoms with Crippen LogP contribution in [0, 0.1) is 11.8 Å². The molecule has 3 unspecified atom stereocenters. The van der Waals surface area contributed by atoms with Crippen molar-refractivity contribution >= 4 is 6.21 Å². The van der Waals surface area contributed by atoms with E-state index < -0.39 is 0 Å². The highest BCUT2D eigenvalue weighted by Gasteiger charge is 2.26. The van der Waals surface area contributed by atoms with Crippen LogP contribution in [-0.2, 0) is 0 Å². The van der Waals surface area contributed by atoms with Crippen LogP contribution in [0.1, 0.15) is 38.7 Å². The van der Waals surface area contributed by atoms with Crippen molar-refractivity contribution in [1.82, 2.24) is 0 Å². The summed E-state index contributed by atoms with van der Waals surface area (Å²) in [7, 11) is 0. The van der Waals surface area contributed by atoms with Crippen molar-refractivity contribution in [3.63, 3.8) is 0 Å². The Bertz CT molecular complexity index is 978. The molecular weight excluding hydrogens is 354 g/mol. The van der Waals surface area contributed by atoms with Crippen LogP contribution in [-0.4, -0.2) is 17.4 Å². The Morgan fingerprint density at radius 3 is 2.03 bits per heavy atom. The highest BCUT2D eigenvalue weighted by atomic mass is 16.3. The fraction of sp³-hybridized carbons (Fsp3) is 0.296. The third-order valence-corrected chi connectivity index (χ3v) is 6.45. The molecule has 2 heteroatoms. The van der Waals surface area contributed by atoms with E-state index in [0.717, 1.165) is 34.2 Å². The molecule has 0 aromatic heterocycles. The van der Waals surface area contributed by atoms with E-state index >= 15 is 0 Å². The predicted molar refractivity (Wildman–Crippen MR) is 123 cm³/mol. The molecule has 3 aromatic carbocycles. The number of nitrogens with zero attached hydrogens (tertiary/aromatic N) is 1. The van der Waals surface area contributed by atoms with E-state index in [0.29, 0.717) is 23.6 Å². The highest BCUT2D eigenvalue weighted by molar-refractivity contribution is 5.97. The van der Waals surface area contributed by atoms with Crippen molar-refractivity contribution in [3.8, 4) is 28.0 Å². The van der Waals surface area contributed by atoms with Gasteiger partial charge < -0.3 is 5.11 Å². The van der Waals surface area contributed by atoms with Gasteiger partial charge in [-0.2, -0.15) is 0 Å². The SMILES string of the molecule is CC1CCCC(N=Cc2c(-c3ccccc3)ccc(-c3ccccc3)c2O)C1C. The predicted octanol–water partition coefficient (Wildman–Crippen LogP) is 6.97. The van der Waals surface area contributed by atoms with Crippen LogP contribution >= 0.6 is 0 Å². The summed E-state index contributed by atoms with van der Waals surface area (Å²) in [6.45, 7) is 4.64. The number of aliphatic imine (C=N–C) groups is 1. The Balaban J connectivity index is 1.79. The first-order chi connectivity index (χ1) is 14.1. The van der Waals surface area contributed by atoms with Crippen molar-refractivity contribution < 1.29 is 5.11 Å². The van der Waals surface area contributed by atoms with E-state index in [9.17, 15) is 5.11 Å². The molecule has 0 spiro atoms. The summed E-state index contributed by atoms with van der Waals surface area (Å²) in [4.78, 5) is 4.98. The van der Waals surface area contributed by atoms with Gasteiger partial charge in [-0.25, -0.2) is 0 Å². The molecule has 0 aliphatic heterocycles. The summed E-state index contributed by atoms with van der Waals surface area (Å²) < 4.78 is 0. The Morgan fingerprint density at radius 1 is 0.793 bits per heavy atom. The molecule has 1 aliphatic rings. The zero-order valence-electron chi connectivity index (χ0n) is 17.3. The van der Waals surface area contributed by atoms with Crippen molar-refractivity contribution in [2.24, 2.45) is 16.8 Å². The zero-order chi connectivity index (χ0) is 20.2. The van der Waals surface area contributed by atoms with Crippen LogP contribution < -0.4 is 0 Å². The second-order valence-corrected chi connectivity index (χ2v) is 8.27. The molecule has 0 bridgehead atoms. The average molecular weight is 384 g/mol. The maximum Gasteiger partial charge on any atom is 0.132 e. The third kappa shape index (κ3) is 4.12. The number of hydrogen-bond acceptors (Lipinski definition) is 2. The molecule has 2 nitrogen and oxygen atoms in total. The number of rotatable bonds is 4. The van der Waals surface area contributed by atoms with Gasteiger partial charge in [-0.1, -0.05) is 93.4 Å². The van der Waals surface area contributed by atoms with E-state index in [1.54, 1.807) is 0 Å². The van der Waals surface area contributed by atoms with Crippen LogP contribution in [0.5, 0.6) is 5.75 Å². The summed E-state index contributed by atoms with van der Waals surface area (Å²) in [5, 5.41) is 11.2. The van der Waals surface area contributed by atoms with Crippen LogP contribution in [0.25, 0.3) is 22.3 Å². The van der Waals surface area contributed by atoms with Gasteiger partial charge in [0, 0.05) is 17.3 Å². The van der Waals surface area contributed by atoms with Gasteiger partial charge in [0.2, 0.25) is 0 Å². The number of phenols is 1. The largest absolute Gasteiger partial charge is 0.507 e. The van der Waals surface area contributed by atoms with Crippen molar-refractivity contribution in [2.75, 3.05) is 0 Å². The molecule has 1 saturated carbocycles. The minimum atomic E-state index is 0.304. The summed E-state index contributed by atoms with van der Waals surface area (Å²) in [5.41, 5.74) is 4.77.